The van der Waals surface area contributed by atoms with Crippen molar-refractivity contribution in [3.8, 4) is 11.5 Å². The Morgan fingerprint density at radius 1 is 1.13 bits per heavy atom. The van der Waals surface area contributed by atoms with Crippen molar-refractivity contribution in [2.24, 2.45) is 0 Å². The molecule has 0 radical (unpaired) electrons. The quantitative estimate of drug-likeness (QED) is 0.550. The van der Waals surface area contributed by atoms with Crippen molar-refractivity contribution in [1.29, 1.82) is 0 Å². The molecule has 0 amide bonds. The van der Waals surface area contributed by atoms with Gasteiger partial charge in [0.2, 0.25) is 0 Å². The van der Waals surface area contributed by atoms with Crippen LogP contribution in [-0.4, -0.2) is 36.5 Å². The van der Waals surface area contributed by atoms with Crippen LogP contribution in [0.2, 0.25) is 0 Å². The summed E-state index contributed by atoms with van der Waals surface area (Å²) in [6, 6.07) is 3.02. The molecule has 82 valence electrons. The summed E-state index contributed by atoms with van der Waals surface area (Å²) < 4.78 is 10.1. The molecule has 0 unspecified atom stereocenters. The zero-order chi connectivity index (χ0) is 11.4. The lowest BCUT2D eigenvalue weighted by Gasteiger charge is -2.15. The van der Waals surface area contributed by atoms with Gasteiger partial charge >= 0.3 is 7.12 Å². The van der Waals surface area contributed by atoms with E-state index >= 15 is 0 Å². The second-order valence-electron chi connectivity index (χ2n) is 2.91. The van der Waals surface area contributed by atoms with E-state index in [2.05, 4.69) is 0 Å². The van der Waals surface area contributed by atoms with Gasteiger partial charge in [0.1, 0.15) is 0 Å². The molecule has 1 aromatic rings. The molecule has 0 saturated carbocycles. The highest BCUT2D eigenvalue weighted by atomic mass is 16.5. The van der Waals surface area contributed by atoms with Crippen LogP contribution in [-0.2, 0) is 6.61 Å². The van der Waals surface area contributed by atoms with Gasteiger partial charge in [0, 0.05) is 11.0 Å². The number of aliphatic hydroxyl groups excluding tert-OH is 1. The Kier molecular flexibility index (Phi) is 3.96. The normalized spacial score (nSPS) is 9.93. The third-order valence-corrected chi connectivity index (χ3v) is 2.08. The van der Waals surface area contributed by atoms with Gasteiger partial charge in [-0.25, -0.2) is 0 Å². The molecule has 0 aliphatic carbocycles. The number of hydrogen-bond acceptors (Lipinski definition) is 5. The van der Waals surface area contributed by atoms with Crippen molar-refractivity contribution in [3.05, 3.63) is 17.7 Å². The Hall–Kier alpha value is -1.24. The first-order valence-corrected chi connectivity index (χ1v) is 4.36. The van der Waals surface area contributed by atoms with Crippen molar-refractivity contribution in [2.45, 2.75) is 6.61 Å². The van der Waals surface area contributed by atoms with Gasteiger partial charge in [0.25, 0.3) is 0 Å². The van der Waals surface area contributed by atoms with Gasteiger partial charge in [-0.05, 0) is 0 Å². The average molecular weight is 212 g/mol. The van der Waals surface area contributed by atoms with Crippen LogP contribution in [0.3, 0.4) is 0 Å². The van der Waals surface area contributed by atoms with Crippen molar-refractivity contribution < 1.29 is 24.6 Å². The van der Waals surface area contributed by atoms with E-state index < -0.39 is 7.12 Å². The molecule has 1 rings (SSSR count). The summed E-state index contributed by atoms with van der Waals surface area (Å²) in [7, 11) is 1.18. The standard InChI is InChI=1S/C9H13BO5/c1-14-8-6(5-11)3-4-7(10(12)13)9(8)15-2/h3-4,11-13H,5H2,1-2H3. The molecule has 3 N–H and O–H groups in total. The van der Waals surface area contributed by atoms with Gasteiger partial charge in [-0.15, -0.1) is 0 Å². The minimum Gasteiger partial charge on any atom is -0.493 e. The van der Waals surface area contributed by atoms with Gasteiger partial charge in [-0.1, -0.05) is 12.1 Å². The number of ether oxygens (including phenoxy) is 2. The molecular formula is C9H13BO5. The lowest BCUT2D eigenvalue weighted by Crippen LogP contribution is -2.31. The van der Waals surface area contributed by atoms with E-state index in [1.54, 1.807) is 6.07 Å². The van der Waals surface area contributed by atoms with Crippen molar-refractivity contribution in [2.75, 3.05) is 14.2 Å². The molecule has 0 heterocycles. The molecule has 0 aromatic heterocycles. The minimum absolute atomic E-state index is 0.201. The molecule has 1 aromatic carbocycles. The summed E-state index contributed by atoms with van der Waals surface area (Å²) in [5, 5.41) is 27.2. The van der Waals surface area contributed by atoms with E-state index in [9.17, 15) is 0 Å². The average Bonchev–Trinajstić information content (AvgIpc) is 2.26. The number of benzene rings is 1. The molecule has 0 saturated heterocycles. The van der Waals surface area contributed by atoms with Gasteiger partial charge in [0.05, 0.1) is 20.8 Å². The molecule has 0 aliphatic heterocycles. The summed E-state index contributed by atoms with van der Waals surface area (Å²) in [6.45, 7) is -0.207. The zero-order valence-corrected chi connectivity index (χ0v) is 8.60. The highest BCUT2D eigenvalue weighted by molar-refractivity contribution is 6.59. The van der Waals surface area contributed by atoms with Crippen LogP contribution in [0.4, 0.5) is 0 Å². The van der Waals surface area contributed by atoms with Crippen molar-refractivity contribution in [3.63, 3.8) is 0 Å². The molecule has 0 fully saturated rings. The molecule has 0 bridgehead atoms. The van der Waals surface area contributed by atoms with Crippen LogP contribution in [0.5, 0.6) is 11.5 Å². The third-order valence-electron chi connectivity index (χ3n) is 2.08. The molecule has 5 nitrogen and oxygen atoms in total. The zero-order valence-electron chi connectivity index (χ0n) is 8.60. The van der Waals surface area contributed by atoms with Crippen LogP contribution in [0, 0.1) is 0 Å². The molecule has 0 spiro atoms. The highest BCUT2D eigenvalue weighted by Gasteiger charge is 2.22. The number of aliphatic hydroxyl groups is 1. The van der Waals surface area contributed by atoms with E-state index in [0.29, 0.717) is 11.3 Å². The van der Waals surface area contributed by atoms with Gasteiger partial charge in [-0.3, -0.25) is 0 Å². The Morgan fingerprint density at radius 2 is 1.73 bits per heavy atom. The molecule has 0 atom stereocenters. The Bertz CT molecular complexity index is 340. The van der Waals surface area contributed by atoms with Crippen LogP contribution in [0.25, 0.3) is 0 Å². The SMILES string of the molecule is COc1c(CO)ccc(B(O)O)c1OC. The number of rotatable bonds is 4. The van der Waals surface area contributed by atoms with Crippen LogP contribution < -0.4 is 14.9 Å². The fourth-order valence-corrected chi connectivity index (χ4v) is 1.38. The van der Waals surface area contributed by atoms with Gasteiger partial charge in [-0.2, -0.15) is 0 Å². The number of hydrogen-bond donors (Lipinski definition) is 3. The fourth-order valence-electron chi connectivity index (χ4n) is 1.38. The first kappa shape index (κ1) is 11.8. The van der Waals surface area contributed by atoms with E-state index in [-0.39, 0.29) is 17.8 Å². The van der Waals surface area contributed by atoms with Gasteiger partial charge < -0.3 is 24.6 Å². The Labute approximate surface area is 88.0 Å². The summed E-state index contributed by atoms with van der Waals surface area (Å²) >= 11 is 0. The minimum atomic E-state index is -1.64. The molecular weight excluding hydrogens is 199 g/mol. The predicted molar refractivity (Wildman–Crippen MR) is 55.3 cm³/mol. The van der Waals surface area contributed by atoms with E-state index in [1.165, 1.54) is 20.3 Å². The molecule has 0 aliphatic rings. The fraction of sp³-hybridized carbons (Fsp3) is 0.333. The van der Waals surface area contributed by atoms with Crippen LogP contribution >= 0.6 is 0 Å². The lowest BCUT2D eigenvalue weighted by atomic mass is 9.79. The van der Waals surface area contributed by atoms with E-state index in [1.807, 2.05) is 0 Å². The maximum absolute atomic E-state index is 9.08. The van der Waals surface area contributed by atoms with Crippen LogP contribution in [0.15, 0.2) is 12.1 Å². The topological polar surface area (TPSA) is 79.2 Å². The predicted octanol–water partition coefficient (Wildman–Crippen LogP) is -1.12. The maximum Gasteiger partial charge on any atom is 0.492 e. The summed E-state index contributed by atoms with van der Waals surface area (Å²) in [4.78, 5) is 0. The maximum atomic E-state index is 9.08. The Morgan fingerprint density at radius 3 is 2.13 bits per heavy atom. The molecule has 6 heteroatoms. The first-order chi connectivity index (χ1) is 7.15. The van der Waals surface area contributed by atoms with E-state index in [4.69, 9.17) is 24.6 Å². The summed E-state index contributed by atoms with van der Waals surface area (Å²) in [5.74, 6) is 0.532. The van der Waals surface area contributed by atoms with Crippen molar-refractivity contribution in [1.82, 2.24) is 0 Å². The van der Waals surface area contributed by atoms with Crippen molar-refractivity contribution >= 4 is 12.6 Å². The first-order valence-electron chi connectivity index (χ1n) is 4.36. The molecule has 15 heavy (non-hydrogen) atoms. The smallest absolute Gasteiger partial charge is 0.492 e. The lowest BCUT2D eigenvalue weighted by molar-refractivity contribution is 0.270. The van der Waals surface area contributed by atoms with Crippen LogP contribution in [0.1, 0.15) is 5.56 Å². The monoisotopic (exact) mass is 212 g/mol. The highest BCUT2D eigenvalue weighted by Crippen LogP contribution is 2.29. The second-order valence-corrected chi connectivity index (χ2v) is 2.91. The van der Waals surface area contributed by atoms with Gasteiger partial charge in [0.15, 0.2) is 11.5 Å². The third kappa shape index (κ3) is 2.23. The summed E-state index contributed by atoms with van der Waals surface area (Å²) in [5.41, 5.74) is 0.727. The van der Waals surface area contributed by atoms with E-state index in [0.717, 1.165) is 0 Å². The largest absolute Gasteiger partial charge is 0.493 e. The number of methoxy groups -OCH3 is 2. The Balaban J connectivity index is 3.34. The summed E-state index contributed by atoms with van der Waals surface area (Å²) in [6.07, 6.45) is 0. The second kappa shape index (κ2) is 5.02.